The van der Waals surface area contributed by atoms with Crippen LogP contribution in [0.4, 0.5) is 5.69 Å². The molecule has 7 heteroatoms. The molecule has 0 aliphatic carbocycles. The van der Waals surface area contributed by atoms with Crippen LogP contribution in [0.3, 0.4) is 0 Å². The van der Waals surface area contributed by atoms with Crippen LogP contribution in [0, 0.1) is 0 Å². The number of fused-ring (bicyclic) bond motifs is 1. The van der Waals surface area contributed by atoms with Crippen molar-refractivity contribution in [2.75, 3.05) is 5.32 Å². The number of imidazole rings is 1. The van der Waals surface area contributed by atoms with E-state index in [4.69, 9.17) is 11.6 Å². The fourth-order valence-electron chi connectivity index (χ4n) is 1.57. The number of rotatable bonds is 3. The molecule has 0 saturated carbocycles. The number of carbonyl (C=O) groups is 2. The van der Waals surface area contributed by atoms with Gasteiger partial charge in [0.15, 0.2) is 0 Å². The highest BCUT2D eigenvalue weighted by Gasteiger charge is 2.10. The molecule has 0 saturated heterocycles. The number of Topliss-reactive ketones (excluding diaryl/α,β-unsaturated/α-hetero) is 1. The van der Waals surface area contributed by atoms with Crippen LogP contribution in [0.15, 0.2) is 16.9 Å². The third kappa shape index (κ3) is 2.60. The van der Waals surface area contributed by atoms with Crippen molar-refractivity contribution < 1.29 is 9.59 Å². The van der Waals surface area contributed by atoms with Crippen molar-refractivity contribution in [3.8, 4) is 0 Å². The Balaban J connectivity index is 2.32. The van der Waals surface area contributed by atoms with Gasteiger partial charge in [-0.2, -0.15) is 0 Å². The van der Waals surface area contributed by atoms with Crippen molar-refractivity contribution in [3.63, 3.8) is 0 Å². The summed E-state index contributed by atoms with van der Waals surface area (Å²) in [6.07, 6.45) is -0.210. The molecule has 2 rings (SSSR count). The number of hydrogen-bond donors (Lipinski definition) is 3. The van der Waals surface area contributed by atoms with Gasteiger partial charge in [0.2, 0.25) is 5.91 Å². The van der Waals surface area contributed by atoms with Gasteiger partial charge >= 0.3 is 5.69 Å². The second kappa shape index (κ2) is 4.66. The second-order valence-corrected chi connectivity index (χ2v) is 4.29. The smallest absolute Gasteiger partial charge is 0.323 e. The molecule has 0 unspecified atom stereocenters. The molecule has 1 aromatic heterocycles. The van der Waals surface area contributed by atoms with Crippen LogP contribution >= 0.6 is 11.6 Å². The highest BCUT2D eigenvalue weighted by Crippen LogP contribution is 2.25. The number of amides is 1. The van der Waals surface area contributed by atoms with Crippen molar-refractivity contribution in [1.82, 2.24) is 9.97 Å². The Morgan fingerprint density at radius 3 is 2.50 bits per heavy atom. The fourth-order valence-corrected chi connectivity index (χ4v) is 1.78. The maximum Gasteiger partial charge on any atom is 0.323 e. The zero-order valence-corrected chi connectivity index (χ0v) is 10.2. The third-order valence-electron chi connectivity index (χ3n) is 2.29. The van der Waals surface area contributed by atoms with Gasteiger partial charge in [0.25, 0.3) is 0 Å². The number of anilines is 1. The molecule has 18 heavy (non-hydrogen) atoms. The molecule has 0 aliphatic heterocycles. The van der Waals surface area contributed by atoms with Crippen molar-refractivity contribution in [2.45, 2.75) is 13.3 Å². The van der Waals surface area contributed by atoms with E-state index in [1.807, 2.05) is 0 Å². The van der Waals surface area contributed by atoms with Gasteiger partial charge in [-0.3, -0.25) is 9.59 Å². The molecule has 0 fully saturated rings. The average Bonchev–Trinajstić information content (AvgIpc) is 2.56. The highest BCUT2D eigenvalue weighted by atomic mass is 35.5. The molecule has 6 nitrogen and oxygen atoms in total. The van der Waals surface area contributed by atoms with Gasteiger partial charge < -0.3 is 15.3 Å². The van der Waals surface area contributed by atoms with E-state index >= 15 is 0 Å². The molecule has 1 amide bonds. The Labute approximate surface area is 106 Å². The number of nitrogens with one attached hydrogen (secondary N) is 3. The summed E-state index contributed by atoms with van der Waals surface area (Å²) in [4.78, 5) is 38.4. The highest BCUT2D eigenvalue weighted by molar-refractivity contribution is 6.34. The predicted octanol–water partition coefficient (Wildman–Crippen LogP) is 1.43. The van der Waals surface area contributed by atoms with Crippen LogP contribution in [0.2, 0.25) is 5.02 Å². The molecule has 1 heterocycles. The lowest BCUT2D eigenvalue weighted by Crippen LogP contribution is -2.14. The number of benzene rings is 1. The van der Waals surface area contributed by atoms with Crippen LogP contribution in [-0.4, -0.2) is 21.7 Å². The van der Waals surface area contributed by atoms with Gasteiger partial charge in [-0.05, 0) is 19.1 Å². The minimum atomic E-state index is -0.443. The molecule has 0 spiro atoms. The zero-order valence-electron chi connectivity index (χ0n) is 9.46. The largest absolute Gasteiger partial charge is 0.324 e. The van der Waals surface area contributed by atoms with Crippen molar-refractivity contribution in [1.29, 1.82) is 0 Å². The summed E-state index contributed by atoms with van der Waals surface area (Å²) in [5.41, 5.74) is 1.08. The third-order valence-corrected chi connectivity index (χ3v) is 2.60. The van der Waals surface area contributed by atoms with Gasteiger partial charge in [0, 0.05) is 0 Å². The second-order valence-electron chi connectivity index (χ2n) is 3.88. The lowest BCUT2D eigenvalue weighted by molar-refractivity contribution is -0.124. The number of aromatic nitrogens is 2. The number of hydrogen-bond acceptors (Lipinski definition) is 3. The minimum Gasteiger partial charge on any atom is -0.324 e. The standard InChI is InChI=1S/C11H10ClN3O3/c1-5(16)2-10(17)13-7-4-9-8(3-6(7)12)14-11(18)15-9/h3-4H,2H2,1H3,(H,13,17)(H2,14,15,18). The Hall–Kier alpha value is -2.08. The lowest BCUT2D eigenvalue weighted by Gasteiger charge is -2.06. The molecule has 0 radical (unpaired) electrons. The van der Waals surface area contributed by atoms with E-state index in [1.54, 1.807) is 0 Å². The van der Waals surface area contributed by atoms with Crippen molar-refractivity contribution >= 4 is 40.0 Å². The summed E-state index contributed by atoms with van der Waals surface area (Å²) in [6, 6.07) is 3.06. The molecule has 3 N–H and O–H groups in total. The Morgan fingerprint density at radius 2 is 1.89 bits per heavy atom. The monoisotopic (exact) mass is 267 g/mol. The molecule has 0 atom stereocenters. The molecule has 94 valence electrons. The normalized spacial score (nSPS) is 10.6. The number of ketones is 1. The Kier molecular flexibility index (Phi) is 3.20. The van der Waals surface area contributed by atoms with Crippen molar-refractivity contribution in [2.24, 2.45) is 0 Å². The van der Waals surface area contributed by atoms with Crippen LogP contribution in [0.5, 0.6) is 0 Å². The van der Waals surface area contributed by atoms with Gasteiger partial charge in [-0.25, -0.2) is 4.79 Å². The quantitative estimate of drug-likeness (QED) is 0.734. The first-order valence-electron chi connectivity index (χ1n) is 5.16. The van der Waals surface area contributed by atoms with E-state index < -0.39 is 5.91 Å². The summed E-state index contributed by atoms with van der Waals surface area (Å²) < 4.78 is 0. The average molecular weight is 268 g/mol. The SMILES string of the molecule is CC(=O)CC(=O)Nc1cc2[nH]c(=O)[nH]c2cc1Cl. The first-order valence-corrected chi connectivity index (χ1v) is 5.54. The summed E-state index contributed by atoms with van der Waals surface area (Å²) >= 11 is 5.96. The summed E-state index contributed by atoms with van der Waals surface area (Å²) in [6.45, 7) is 1.33. The molecular formula is C11H10ClN3O3. The van der Waals surface area contributed by atoms with Crippen LogP contribution < -0.4 is 11.0 Å². The molecule has 2 aromatic rings. The lowest BCUT2D eigenvalue weighted by atomic mass is 10.2. The molecule has 1 aromatic carbocycles. The van der Waals surface area contributed by atoms with E-state index in [-0.39, 0.29) is 22.9 Å². The van der Waals surface area contributed by atoms with E-state index in [9.17, 15) is 14.4 Å². The van der Waals surface area contributed by atoms with Crippen LogP contribution in [0.25, 0.3) is 11.0 Å². The van der Waals surface area contributed by atoms with E-state index in [2.05, 4.69) is 15.3 Å². The Bertz CT molecular complexity index is 686. The van der Waals surface area contributed by atoms with Gasteiger partial charge in [-0.15, -0.1) is 0 Å². The van der Waals surface area contributed by atoms with Crippen LogP contribution in [0.1, 0.15) is 13.3 Å². The van der Waals surface area contributed by atoms with Crippen LogP contribution in [-0.2, 0) is 9.59 Å². The number of aromatic amines is 2. The first-order chi connectivity index (χ1) is 8.45. The van der Waals surface area contributed by atoms with E-state index in [0.717, 1.165) is 0 Å². The topological polar surface area (TPSA) is 94.8 Å². The first kappa shape index (κ1) is 12.4. The van der Waals surface area contributed by atoms with E-state index in [1.165, 1.54) is 19.1 Å². The van der Waals surface area contributed by atoms with Crippen molar-refractivity contribution in [3.05, 3.63) is 27.6 Å². The van der Waals surface area contributed by atoms with Gasteiger partial charge in [-0.1, -0.05) is 11.6 Å². The zero-order chi connectivity index (χ0) is 13.3. The number of carbonyl (C=O) groups excluding carboxylic acids is 2. The van der Waals surface area contributed by atoms with Gasteiger partial charge in [0.1, 0.15) is 5.78 Å². The van der Waals surface area contributed by atoms with Gasteiger partial charge in [0.05, 0.1) is 28.2 Å². The summed E-state index contributed by atoms with van der Waals surface area (Å²) in [5, 5.41) is 2.80. The molecular weight excluding hydrogens is 258 g/mol. The maximum atomic E-state index is 11.4. The Morgan fingerprint density at radius 1 is 1.28 bits per heavy atom. The minimum absolute atomic E-state index is 0.210. The molecule has 0 bridgehead atoms. The fraction of sp³-hybridized carbons (Fsp3) is 0.182. The predicted molar refractivity (Wildman–Crippen MR) is 67.9 cm³/mol. The van der Waals surface area contributed by atoms with E-state index in [0.29, 0.717) is 16.7 Å². The maximum absolute atomic E-state index is 11.4. The summed E-state index contributed by atoms with van der Waals surface area (Å²) in [5.74, 6) is -0.679. The number of H-pyrrole nitrogens is 2. The number of halogens is 1. The summed E-state index contributed by atoms with van der Waals surface area (Å²) in [7, 11) is 0. The molecule has 0 aliphatic rings.